The first-order chi connectivity index (χ1) is 12.6. The molecule has 1 fully saturated rings. The number of Topliss-reactive ketones (excluding diaryl/α,β-unsaturated/α-hetero) is 1. The lowest BCUT2D eigenvalue weighted by atomic mass is 9.89. The Kier molecular flexibility index (Phi) is 4.64. The number of fused-ring (bicyclic) bond motifs is 1. The topological polar surface area (TPSA) is 33.2 Å². The standard InChI is InChI=1S/C22H21ClN2O/c1-15(26)19-14-20(23)18-8-5-11-24-21(18)22(19)25-12-9-17(10-13-25)16-6-3-2-4-7-16/h2-8,11,14,17H,9-10,12-13H2,1H3. The van der Waals surface area contributed by atoms with Crippen LogP contribution in [0.3, 0.4) is 0 Å². The summed E-state index contributed by atoms with van der Waals surface area (Å²) in [5.74, 6) is 0.597. The van der Waals surface area contributed by atoms with Gasteiger partial charge in [0.15, 0.2) is 5.78 Å². The Labute approximate surface area is 158 Å². The first-order valence-electron chi connectivity index (χ1n) is 9.03. The van der Waals surface area contributed by atoms with Crippen LogP contribution in [0.15, 0.2) is 54.7 Å². The molecule has 2 heterocycles. The third-order valence-corrected chi connectivity index (χ3v) is 5.59. The van der Waals surface area contributed by atoms with Crippen molar-refractivity contribution in [3.8, 4) is 0 Å². The van der Waals surface area contributed by atoms with E-state index in [9.17, 15) is 4.79 Å². The van der Waals surface area contributed by atoms with Gasteiger partial charge in [-0.1, -0.05) is 41.9 Å². The zero-order valence-corrected chi connectivity index (χ0v) is 15.5. The largest absolute Gasteiger partial charge is 0.369 e. The van der Waals surface area contributed by atoms with Crippen molar-refractivity contribution in [3.05, 3.63) is 70.9 Å². The van der Waals surface area contributed by atoms with Crippen molar-refractivity contribution in [1.82, 2.24) is 4.98 Å². The number of hydrogen-bond donors (Lipinski definition) is 0. The van der Waals surface area contributed by atoms with E-state index in [1.54, 1.807) is 19.2 Å². The fourth-order valence-electron chi connectivity index (χ4n) is 3.94. The average molecular weight is 365 g/mol. The maximum atomic E-state index is 12.3. The van der Waals surface area contributed by atoms with E-state index in [1.165, 1.54) is 5.56 Å². The van der Waals surface area contributed by atoms with Gasteiger partial charge in [-0.25, -0.2) is 0 Å². The minimum Gasteiger partial charge on any atom is -0.369 e. The third-order valence-electron chi connectivity index (χ3n) is 5.28. The number of halogens is 1. The fourth-order valence-corrected chi connectivity index (χ4v) is 4.20. The Bertz CT molecular complexity index is 947. The van der Waals surface area contributed by atoms with Crippen molar-refractivity contribution in [1.29, 1.82) is 0 Å². The first kappa shape index (κ1) is 17.0. The quantitative estimate of drug-likeness (QED) is 0.577. The number of pyridine rings is 1. The summed E-state index contributed by atoms with van der Waals surface area (Å²) in [5.41, 5.74) is 3.82. The van der Waals surface area contributed by atoms with E-state index < -0.39 is 0 Å². The van der Waals surface area contributed by atoms with E-state index in [1.807, 2.05) is 12.1 Å². The van der Waals surface area contributed by atoms with Gasteiger partial charge >= 0.3 is 0 Å². The second-order valence-corrected chi connectivity index (χ2v) is 7.29. The summed E-state index contributed by atoms with van der Waals surface area (Å²) >= 11 is 6.41. The molecule has 0 N–H and O–H groups in total. The molecule has 0 radical (unpaired) electrons. The van der Waals surface area contributed by atoms with Crippen molar-refractivity contribution in [2.75, 3.05) is 18.0 Å². The van der Waals surface area contributed by atoms with Gasteiger partial charge in [-0.15, -0.1) is 0 Å². The SMILES string of the molecule is CC(=O)c1cc(Cl)c2cccnc2c1N1CCC(c2ccccc2)CC1. The van der Waals surface area contributed by atoms with Crippen LogP contribution in [0.4, 0.5) is 5.69 Å². The summed E-state index contributed by atoms with van der Waals surface area (Å²) < 4.78 is 0. The summed E-state index contributed by atoms with van der Waals surface area (Å²) in [5, 5.41) is 1.49. The second kappa shape index (κ2) is 7.08. The van der Waals surface area contributed by atoms with Crippen LogP contribution in [0, 0.1) is 0 Å². The summed E-state index contributed by atoms with van der Waals surface area (Å²) in [6.45, 7) is 3.42. The number of aromatic nitrogens is 1. The lowest BCUT2D eigenvalue weighted by Crippen LogP contribution is -2.34. The van der Waals surface area contributed by atoms with Gasteiger partial charge in [0, 0.05) is 30.2 Å². The number of ketones is 1. The van der Waals surface area contributed by atoms with E-state index in [4.69, 9.17) is 11.6 Å². The van der Waals surface area contributed by atoms with Gasteiger partial charge in [0.1, 0.15) is 0 Å². The van der Waals surface area contributed by atoms with Crippen molar-refractivity contribution < 1.29 is 4.79 Å². The van der Waals surface area contributed by atoms with E-state index in [0.29, 0.717) is 16.5 Å². The number of rotatable bonds is 3. The second-order valence-electron chi connectivity index (χ2n) is 6.88. The normalized spacial score (nSPS) is 15.4. The molecular formula is C22H21ClN2O. The number of anilines is 1. The van der Waals surface area contributed by atoms with Crippen LogP contribution in [0.1, 0.15) is 41.6 Å². The molecule has 4 rings (SSSR count). The highest BCUT2D eigenvalue weighted by Crippen LogP contribution is 2.38. The molecule has 1 aliphatic rings. The van der Waals surface area contributed by atoms with Crippen LogP contribution in [-0.2, 0) is 0 Å². The van der Waals surface area contributed by atoms with Crippen molar-refractivity contribution >= 4 is 34.0 Å². The molecule has 4 heteroatoms. The van der Waals surface area contributed by atoms with Crippen LogP contribution in [-0.4, -0.2) is 23.9 Å². The molecule has 2 aromatic carbocycles. The van der Waals surface area contributed by atoms with Gasteiger partial charge < -0.3 is 4.90 Å². The number of piperidine rings is 1. The predicted octanol–water partition coefficient (Wildman–Crippen LogP) is 5.47. The summed E-state index contributed by atoms with van der Waals surface area (Å²) in [6.07, 6.45) is 3.90. The lowest BCUT2D eigenvalue weighted by molar-refractivity contribution is 0.101. The van der Waals surface area contributed by atoms with E-state index in [-0.39, 0.29) is 5.78 Å². The van der Waals surface area contributed by atoms with Crippen LogP contribution in [0.25, 0.3) is 10.9 Å². The van der Waals surface area contributed by atoms with Crippen LogP contribution in [0.5, 0.6) is 0 Å². The van der Waals surface area contributed by atoms with Crippen LogP contribution >= 0.6 is 11.6 Å². The van der Waals surface area contributed by atoms with Gasteiger partial charge in [0.25, 0.3) is 0 Å². The monoisotopic (exact) mass is 364 g/mol. The molecule has 0 aliphatic carbocycles. The first-order valence-corrected chi connectivity index (χ1v) is 9.41. The van der Waals surface area contributed by atoms with Gasteiger partial charge in [-0.3, -0.25) is 9.78 Å². The highest BCUT2D eigenvalue weighted by atomic mass is 35.5. The minimum absolute atomic E-state index is 0.0274. The number of carbonyl (C=O) groups is 1. The van der Waals surface area contributed by atoms with Gasteiger partial charge in [-0.05, 0) is 49.4 Å². The Hall–Kier alpha value is -2.39. The Morgan fingerprint density at radius 2 is 1.85 bits per heavy atom. The van der Waals surface area contributed by atoms with Crippen LogP contribution < -0.4 is 4.90 Å². The zero-order chi connectivity index (χ0) is 18.1. The molecule has 0 amide bonds. The molecule has 3 nitrogen and oxygen atoms in total. The molecule has 3 aromatic rings. The molecule has 0 atom stereocenters. The highest BCUT2D eigenvalue weighted by Gasteiger charge is 2.25. The molecule has 1 aliphatic heterocycles. The molecule has 0 spiro atoms. The minimum atomic E-state index is 0.0274. The molecule has 1 aromatic heterocycles. The van der Waals surface area contributed by atoms with Gasteiger partial charge in [0.2, 0.25) is 0 Å². The summed E-state index contributed by atoms with van der Waals surface area (Å²) in [4.78, 5) is 19.1. The van der Waals surface area contributed by atoms with Gasteiger partial charge in [0.05, 0.1) is 16.2 Å². The number of nitrogens with zero attached hydrogens (tertiary/aromatic N) is 2. The molecule has 132 valence electrons. The summed E-state index contributed by atoms with van der Waals surface area (Å²) in [7, 11) is 0. The maximum absolute atomic E-state index is 12.3. The van der Waals surface area contributed by atoms with Gasteiger partial charge in [-0.2, -0.15) is 0 Å². The lowest BCUT2D eigenvalue weighted by Gasteiger charge is -2.35. The zero-order valence-electron chi connectivity index (χ0n) is 14.8. The third kappa shape index (κ3) is 3.08. The van der Waals surface area contributed by atoms with Crippen molar-refractivity contribution in [3.63, 3.8) is 0 Å². The number of hydrogen-bond acceptors (Lipinski definition) is 3. The van der Waals surface area contributed by atoms with Crippen molar-refractivity contribution in [2.24, 2.45) is 0 Å². The summed E-state index contributed by atoms with van der Waals surface area (Å²) in [6, 6.07) is 16.3. The highest BCUT2D eigenvalue weighted by molar-refractivity contribution is 6.36. The van der Waals surface area contributed by atoms with E-state index in [2.05, 4.69) is 40.2 Å². The molecule has 0 unspecified atom stereocenters. The van der Waals surface area contributed by atoms with Crippen molar-refractivity contribution in [2.45, 2.75) is 25.7 Å². The molecule has 1 saturated heterocycles. The Balaban J connectivity index is 1.70. The number of carbonyl (C=O) groups excluding carboxylic acids is 1. The molecular weight excluding hydrogens is 344 g/mol. The van der Waals surface area contributed by atoms with E-state index >= 15 is 0 Å². The maximum Gasteiger partial charge on any atom is 0.162 e. The fraction of sp³-hybridized carbons (Fsp3) is 0.273. The van der Waals surface area contributed by atoms with Crippen LogP contribution in [0.2, 0.25) is 5.02 Å². The molecule has 0 bridgehead atoms. The average Bonchev–Trinajstić information content (AvgIpc) is 2.69. The molecule has 0 saturated carbocycles. The number of benzene rings is 2. The Morgan fingerprint density at radius 1 is 1.12 bits per heavy atom. The Morgan fingerprint density at radius 3 is 2.54 bits per heavy atom. The predicted molar refractivity (Wildman–Crippen MR) is 107 cm³/mol. The molecule has 26 heavy (non-hydrogen) atoms. The van der Waals surface area contributed by atoms with E-state index in [0.717, 1.165) is 42.5 Å². The smallest absolute Gasteiger partial charge is 0.162 e.